The highest BCUT2D eigenvalue weighted by Gasteiger charge is 2.33. The average molecular weight is 307 g/mol. The maximum Gasteiger partial charge on any atom is 0.417 e. The number of carbonyl (C=O) groups excluding carboxylic acids is 1. The van der Waals surface area contributed by atoms with Gasteiger partial charge < -0.3 is 10.2 Å². The van der Waals surface area contributed by atoms with Crippen LogP contribution in [0.3, 0.4) is 0 Å². The van der Waals surface area contributed by atoms with E-state index < -0.39 is 11.7 Å². The Bertz CT molecular complexity index is 499. The molecule has 110 valence electrons. The van der Waals surface area contributed by atoms with E-state index in [0.717, 1.165) is 6.07 Å². The van der Waals surface area contributed by atoms with Crippen molar-refractivity contribution in [2.75, 3.05) is 26.2 Å². The van der Waals surface area contributed by atoms with Crippen LogP contribution in [-0.4, -0.2) is 37.0 Å². The number of rotatable bonds is 2. The van der Waals surface area contributed by atoms with E-state index in [9.17, 15) is 18.0 Å². The minimum absolute atomic E-state index is 0.0414. The first kappa shape index (κ1) is 15.1. The topological polar surface area (TPSA) is 32.3 Å². The van der Waals surface area contributed by atoms with Crippen LogP contribution in [0.15, 0.2) is 18.2 Å². The number of benzene rings is 1. The standard InChI is InChI=1S/C13H14ClF3N2O/c14-11-2-1-9(7-10(11)13(15,16)17)8-12(20)19-5-3-18-4-6-19/h1-2,7,18H,3-6,8H2. The van der Waals surface area contributed by atoms with E-state index in [4.69, 9.17) is 11.6 Å². The molecule has 0 bridgehead atoms. The van der Waals surface area contributed by atoms with Gasteiger partial charge in [0.05, 0.1) is 17.0 Å². The highest BCUT2D eigenvalue weighted by Crippen LogP contribution is 2.35. The third-order valence-corrected chi connectivity index (χ3v) is 3.49. The number of nitrogens with zero attached hydrogens (tertiary/aromatic N) is 1. The first-order valence-corrected chi connectivity index (χ1v) is 6.60. The highest BCUT2D eigenvalue weighted by molar-refractivity contribution is 6.31. The Labute approximate surface area is 119 Å². The van der Waals surface area contributed by atoms with Crippen molar-refractivity contribution in [3.8, 4) is 0 Å². The molecule has 0 saturated carbocycles. The fraction of sp³-hybridized carbons (Fsp3) is 0.462. The SMILES string of the molecule is O=C(Cc1ccc(Cl)c(C(F)(F)F)c1)N1CCNCC1. The molecular formula is C13H14ClF3N2O. The van der Waals surface area contributed by atoms with E-state index in [2.05, 4.69) is 5.32 Å². The Kier molecular flexibility index (Phi) is 4.55. The van der Waals surface area contributed by atoms with Gasteiger partial charge in [-0.05, 0) is 17.7 Å². The molecule has 1 heterocycles. The molecule has 1 aromatic carbocycles. The lowest BCUT2D eigenvalue weighted by atomic mass is 10.1. The lowest BCUT2D eigenvalue weighted by molar-refractivity contribution is -0.137. The third kappa shape index (κ3) is 3.64. The molecule has 7 heteroatoms. The fourth-order valence-electron chi connectivity index (χ4n) is 2.10. The monoisotopic (exact) mass is 306 g/mol. The summed E-state index contributed by atoms with van der Waals surface area (Å²) in [5.41, 5.74) is -0.574. The summed E-state index contributed by atoms with van der Waals surface area (Å²) in [4.78, 5) is 13.6. The maximum absolute atomic E-state index is 12.7. The van der Waals surface area contributed by atoms with Crippen LogP contribution in [0.2, 0.25) is 5.02 Å². The fourth-order valence-corrected chi connectivity index (χ4v) is 2.32. The van der Waals surface area contributed by atoms with Crippen LogP contribution in [0.5, 0.6) is 0 Å². The van der Waals surface area contributed by atoms with E-state index in [1.54, 1.807) is 4.90 Å². The summed E-state index contributed by atoms with van der Waals surface area (Å²) in [6.45, 7) is 2.58. The Hall–Kier alpha value is -1.27. The van der Waals surface area contributed by atoms with Gasteiger partial charge in [0, 0.05) is 26.2 Å². The summed E-state index contributed by atoms with van der Waals surface area (Å²) in [6, 6.07) is 3.59. The van der Waals surface area contributed by atoms with Crippen molar-refractivity contribution >= 4 is 17.5 Å². The van der Waals surface area contributed by atoms with Crippen LogP contribution in [0.25, 0.3) is 0 Å². The molecule has 1 amide bonds. The normalized spacial score (nSPS) is 16.3. The summed E-state index contributed by atoms with van der Waals surface area (Å²) >= 11 is 5.54. The van der Waals surface area contributed by atoms with E-state index in [0.29, 0.717) is 31.7 Å². The predicted octanol–water partition coefficient (Wildman–Crippen LogP) is 2.33. The van der Waals surface area contributed by atoms with Crippen LogP contribution >= 0.6 is 11.6 Å². The number of halogens is 4. The molecule has 0 spiro atoms. The summed E-state index contributed by atoms with van der Waals surface area (Å²) in [6.07, 6.45) is -4.55. The summed E-state index contributed by atoms with van der Waals surface area (Å²) in [5.74, 6) is -0.165. The molecule has 0 radical (unpaired) electrons. The Morgan fingerprint density at radius 2 is 1.95 bits per heavy atom. The van der Waals surface area contributed by atoms with E-state index in [1.165, 1.54) is 12.1 Å². The number of carbonyl (C=O) groups is 1. The number of nitrogens with one attached hydrogen (secondary N) is 1. The second kappa shape index (κ2) is 6.01. The maximum atomic E-state index is 12.7. The molecular weight excluding hydrogens is 293 g/mol. The van der Waals surface area contributed by atoms with Crippen LogP contribution < -0.4 is 5.32 Å². The van der Waals surface area contributed by atoms with Crippen molar-refractivity contribution in [3.05, 3.63) is 34.3 Å². The van der Waals surface area contributed by atoms with Crippen molar-refractivity contribution in [3.63, 3.8) is 0 Å². The zero-order valence-corrected chi connectivity index (χ0v) is 11.4. The van der Waals surface area contributed by atoms with Crippen LogP contribution in [0, 0.1) is 0 Å². The number of amides is 1. The van der Waals surface area contributed by atoms with Crippen molar-refractivity contribution in [2.24, 2.45) is 0 Å². The van der Waals surface area contributed by atoms with Gasteiger partial charge in [-0.25, -0.2) is 0 Å². The lowest BCUT2D eigenvalue weighted by Crippen LogP contribution is -2.46. The van der Waals surface area contributed by atoms with Crippen LogP contribution in [0.4, 0.5) is 13.2 Å². The minimum atomic E-state index is -4.51. The van der Waals surface area contributed by atoms with Crippen molar-refractivity contribution in [2.45, 2.75) is 12.6 Å². The number of hydrogen-bond acceptors (Lipinski definition) is 2. The Balaban J connectivity index is 2.11. The zero-order chi connectivity index (χ0) is 14.8. The number of alkyl halides is 3. The largest absolute Gasteiger partial charge is 0.417 e. The molecule has 3 nitrogen and oxygen atoms in total. The molecule has 0 unspecified atom stereocenters. The zero-order valence-electron chi connectivity index (χ0n) is 10.6. The molecule has 20 heavy (non-hydrogen) atoms. The predicted molar refractivity (Wildman–Crippen MR) is 69.6 cm³/mol. The lowest BCUT2D eigenvalue weighted by Gasteiger charge is -2.27. The molecule has 1 aromatic rings. The van der Waals surface area contributed by atoms with E-state index in [1.807, 2.05) is 0 Å². The Morgan fingerprint density at radius 1 is 1.30 bits per heavy atom. The van der Waals surface area contributed by atoms with Crippen molar-refractivity contribution in [1.82, 2.24) is 10.2 Å². The molecule has 0 aliphatic carbocycles. The molecule has 1 aliphatic heterocycles. The van der Waals surface area contributed by atoms with E-state index in [-0.39, 0.29) is 17.4 Å². The third-order valence-electron chi connectivity index (χ3n) is 3.16. The van der Waals surface area contributed by atoms with Crippen molar-refractivity contribution in [1.29, 1.82) is 0 Å². The van der Waals surface area contributed by atoms with E-state index >= 15 is 0 Å². The molecule has 1 saturated heterocycles. The van der Waals surface area contributed by atoms with Crippen molar-refractivity contribution < 1.29 is 18.0 Å². The summed E-state index contributed by atoms with van der Waals surface area (Å²) < 4.78 is 38.2. The van der Waals surface area contributed by atoms with Gasteiger partial charge in [0.25, 0.3) is 0 Å². The second-order valence-corrected chi connectivity index (χ2v) is 5.03. The second-order valence-electron chi connectivity index (χ2n) is 4.62. The number of piperazine rings is 1. The quantitative estimate of drug-likeness (QED) is 0.909. The first-order chi connectivity index (χ1) is 9.38. The minimum Gasteiger partial charge on any atom is -0.340 e. The molecule has 1 N–H and O–H groups in total. The van der Waals surface area contributed by atoms with Gasteiger partial charge >= 0.3 is 6.18 Å². The van der Waals surface area contributed by atoms with Gasteiger partial charge in [-0.2, -0.15) is 13.2 Å². The molecule has 2 rings (SSSR count). The average Bonchev–Trinajstić information content (AvgIpc) is 2.40. The highest BCUT2D eigenvalue weighted by atomic mass is 35.5. The van der Waals surface area contributed by atoms with Gasteiger partial charge in [0.15, 0.2) is 0 Å². The Morgan fingerprint density at radius 3 is 2.55 bits per heavy atom. The van der Waals surface area contributed by atoms with Crippen LogP contribution in [0.1, 0.15) is 11.1 Å². The molecule has 0 atom stereocenters. The molecule has 0 aromatic heterocycles. The molecule has 1 fully saturated rings. The van der Waals surface area contributed by atoms with Gasteiger partial charge in [-0.15, -0.1) is 0 Å². The number of hydrogen-bond donors (Lipinski definition) is 1. The van der Waals surface area contributed by atoms with Crippen LogP contribution in [-0.2, 0) is 17.4 Å². The first-order valence-electron chi connectivity index (χ1n) is 6.22. The molecule has 1 aliphatic rings. The van der Waals surface area contributed by atoms with Gasteiger partial charge in [0.2, 0.25) is 5.91 Å². The van der Waals surface area contributed by atoms with Gasteiger partial charge in [-0.3, -0.25) is 4.79 Å². The van der Waals surface area contributed by atoms with Gasteiger partial charge in [-0.1, -0.05) is 17.7 Å². The summed E-state index contributed by atoms with van der Waals surface area (Å²) in [7, 11) is 0. The summed E-state index contributed by atoms with van der Waals surface area (Å²) in [5, 5.41) is 2.76. The smallest absolute Gasteiger partial charge is 0.340 e. The van der Waals surface area contributed by atoms with Gasteiger partial charge in [0.1, 0.15) is 0 Å².